The Kier molecular flexibility index (Phi) is 8.11. The second kappa shape index (κ2) is 10.1. The maximum atomic E-state index is 12.9. The molecule has 0 spiro atoms. The highest BCUT2D eigenvalue weighted by molar-refractivity contribution is 7.92. The molecule has 158 valence electrons. The number of halogens is 1. The quantitative estimate of drug-likeness (QED) is 0.597. The minimum Gasteiger partial charge on any atom is -0.354 e. The first-order valence-electron chi connectivity index (χ1n) is 9.72. The Morgan fingerprint density at radius 2 is 1.79 bits per heavy atom. The van der Waals surface area contributed by atoms with E-state index >= 15 is 0 Å². The van der Waals surface area contributed by atoms with Crippen molar-refractivity contribution in [1.29, 1.82) is 0 Å². The summed E-state index contributed by atoms with van der Waals surface area (Å²) in [5, 5.41) is 3.60. The molecule has 2 aromatic carbocycles. The van der Waals surface area contributed by atoms with Crippen LogP contribution >= 0.6 is 11.6 Å². The average molecular weight is 437 g/mol. The summed E-state index contributed by atoms with van der Waals surface area (Å²) in [5.41, 5.74) is 3.45. The molecule has 1 atom stereocenters. The molecule has 1 amide bonds. The van der Waals surface area contributed by atoms with Crippen LogP contribution in [-0.2, 0) is 21.2 Å². The number of sulfonamides is 1. The molecule has 0 saturated heterocycles. The number of nitrogens with zero attached hydrogens (tertiary/aromatic N) is 1. The first-order valence-corrected chi connectivity index (χ1v) is 11.9. The van der Waals surface area contributed by atoms with Crippen LogP contribution in [0, 0.1) is 13.8 Å². The Morgan fingerprint density at radius 1 is 1.14 bits per heavy atom. The molecule has 0 fully saturated rings. The first-order chi connectivity index (χ1) is 13.6. The first kappa shape index (κ1) is 23.2. The monoisotopic (exact) mass is 436 g/mol. The van der Waals surface area contributed by atoms with Crippen LogP contribution in [0.4, 0.5) is 5.69 Å². The number of benzene rings is 2. The molecule has 2 aromatic rings. The highest BCUT2D eigenvalue weighted by Gasteiger charge is 2.32. The van der Waals surface area contributed by atoms with Crippen molar-refractivity contribution in [3.63, 3.8) is 0 Å². The molecule has 29 heavy (non-hydrogen) atoms. The number of hydrogen-bond donors (Lipinski definition) is 1. The molecule has 0 bridgehead atoms. The number of amides is 1. The van der Waals surface area contributed by atoms with Gasteiger partial charge in [-0.25, -0.2) is 8.42 Å². The second-order valence-corrected chi connectivity index (χ2v) is 9.59. The van der Waals surface area contributed by atoms with Gasteiger partial charge in [-0.05, 0) is 68.0 Å². The zero-order valence-electron chi connectivity index (χ0n) is 17.4. The maximum Gasteiger partial charge on any atom is 0.243 e. The standard InChI is InChI=1S/C22H29ClN2O3S/c1-5-20(22(26)24-14-6-7-18-10-12-19(23)13-11-18)25(29(4,27)28)21-15-16(2)8-9-17(21)3/h8-13,15,20H,5-7,14H2,1-4H3,(H,24,26)/t20-/m1/s1. The molecule has 0 unspecified atom stereocenters. The zero-order valence-corrected chi connectivity index (χ0v) is 19.0. The van der Waals surface area contributed by atoms with Crippen molar-refractivity contribution < 1.29 is 13.2 Å². The Hall–Kier alpha value is -2.05. The molecule has 7 heteroatoms. The summed E-state index contributed by atoms with van der Waals surface area (Å²) < 4.78 is 26.4. The van der Waals surface area contributed by atoms with E-state index < -0.39 is 16.1 Å². The minimum absolute atomic E-state index is 0.282. The van der Waals surface area contributed by atoms with Crippen molar-refractivity contribution in [2.24, 2.45) is 0 Å². The Balaban J connectivity index is 2.10. The summed E-state index contributed by atoms with van der Waals surface area (Å²) in [6, 6.07) is 12.4. The van der Waals surface area contributed by atoms with Crippen LogP contribution in [-0.4, -0.2) is 33.2 Å². The normalized spacial score (nSPS) is 12.4. The van der Waals surface area contributed by atoms with Gasteiger partial charge in [0.2, 0.25) is 15.9 Å². The van der Waals surface area contributed by atoms with E-state index in [4.69, 9.17) is 11.6 Å². The van der Waals surface area contributed by atoms with Crippen LogP contribution in [0.15, 0.2) is 42.5 Å². The van der Waals surface area contributed by atoms with Crippen molar-refractivity contribution in [3.05, 3.63) is 64.2 Å². The van der Waals surface area contributed by atoms with Gasteiger partial charge in [0.15, 0.2) is 0 Å². The predicted octanol–water partition coefficient (Wildman–Crippen LogP) is 4.25. The average Bonchev–Trinajstić information content (AvgIpc) is 2.65. The van der Waals surface area contributed by atoms with Crippen molar-refractivity contribution in [1.82, 2.24) is 5.32 Å². The van der Waals surface area contributed by atoms with Gasteiger partial charge in [0.1, 0.15) is 6.04 Å². The molecule has 5 nitrogen and oxygen atoms in total. The van der Waals surface area contributed by atoms with Gasteiger partial charge in [0.25, 0.3) is 0 Å². The lowest BCUT2D eigenvalue weighted by Gasteiger charge is -2.31. The van der Waals surface area contributed by atoms with Crippen LogP contribution in [0.2, 0.25) is 5.02 Å². The van der Waals surface area contributed by atoms with Gasteiger partial charge in [-0.15, -0.1) is 0 Å². The smallest absolute Gasteiger partial charge is 0.243 e. The summed E-state index contributed by atoms with van der Waals surface area (Å²) in [4.78, 5) is 12.9. The molecule has 0 aromatic heterocycles. The number of hydrogen-bond acceptors (Lipinski definition) is 3. The molecule has 0 radical (unpaired) electrons. The highest BCUT2D eigenvalue weighted by Crippen LogP contribution is 2.27. The van der Waals surface area contributed by atoms with Crippen LogP contribution in [0.1, 0.15) is 36.5 Å². The second-order valence-electron chi connectivity index (χ2n) is 7.29. The number of aryl methyl sites for hydroxylation is 3. The van der Waals surface area contributed by atoms with Crippen molar-refractivity contribution in [3.8, 4) is 0 Å². The van der Waals surface area contributed by atoms with E-state index in [2.05, 4.69) is 5.32 Å². The van der Waals surface area contributed by atoms with Gasteiger partial charge in [-0.2, -0.15) is 0 Å². The highest BCUT2D eigenvalue weighted by atomic mass is 35.5. The molecular formula is C22H29ClN2O3S. The van der Waals surface area contributed by atoms with E-state index in [0.717, 1.165) is 35.8 Å². The van der Waals surface area contributed by atoms with Gasteiger partial charge in [0.05, 0.1) is 11.9 Å². The van der Waals surface area contributed by atoms with E-state index in [-0.39, 0.29) is 5.91 Å². The molecular weight excluding hydrogens is 408 g/mol. The van der Waals surface area contributed by atoms with E-state index in [9.17, 15) is 13.2 Å². The van der Waals surface area contributed by atoms with Gasteiger partial charge < -0.3 is 5.32 Å². The lowest BCUT2D eigenvalue weighted by Crippen LogP contribution is -2.49. The van der Waals surface area contributed by atoms with Gasteiger partial charge >= 0.3 is 0 Å². The number of carbonyl (C=O) groups is 1. The summed E-state index contributed by atoms with van der Waals surface area (Å²) in [7, 11) is -3.63. The molecule has 0 aliphatic heterocycles. The van der Waals surface area contributed by atoms with Crippen molar-refractivity contribution in [2.75, 3.05) is 17.1 Å². The fourth-order valence-electron chi connectivity index (χ4n) is 3.27. The van der Waals surface area contributed by atoms with Crippen molar-refractivity contribution in [2.45, 2.75) is 46.1 Å². The summed E-state index contributed by atoms with van der Waals surface area (Å²) in [5.74, 6) is -0.282. The lowest BCUT2D eigenvalue weighted by molar-refractivity contribution is -0.122. The number of nitrogens with one attached hydrogen (secondary N) is 1. The van der Waals surface area contributed by atoms with Crippen LogP contribution in [0.25, 0.3) is 0 Å². The predicted molar refractivity (Wildman–Crippen MR) is 120 cm³/mol. The zero-order chi connectivity index (χ0) is 21.6. The minimum atomic E-state index is -3.63. The third kappa shape index (κ3) is 6.47. The van der Waals surface area contributed by atoms with E-state index in [0.29, 0.717) is 23.7 Å². The summed E-state index contributed by atoms with van der Waals surface area (Å²) in [6.07, 6.45) is 3.09. The molecule has 1 N–H and O–H groups in total. The molecule has 0 heterocycles. The fourth-order valence-corrected chi connectivity index (χ4v) is 4.65. The van der Waals surface area contributed by atoms with Crippen LogP contribution in [0.3, 0.4) is 0 Å². The topological polar surface area (TPSA) is 66.5 Å². The number of anilines is 1. The van der Waals surface area contributed by atoms with Crippen LogP contribution < -0.4 is 9.62 Å². The Labute approximate surface area is 179 Å². The molecule has 0 saturated carbocycles. The summed E-state index contributed by atoms with van der Waals surface area (Å²) >= 11 is 5.89. The van der Waals surface area contributed by atoms with Gasteiger partial charge in [-0.3, -0.25) is 9.10 Å². The SMILES string of the molecule is CC[C@H](C(=O)NCCCc1ccc(Cl)cc1)N(c1cc(C)ccc1C)S(C)(=O)=O. The Bertz CT molecular complexity index is 943. The van der Waals surface area contributed by atoms with Gasteiger partial charge in [0, 0.05) is 11.6 Å². The Morgan fingerprint density at radius 3 is 2.38 bits per heavy atom. The molecule has 2 rings (SSSR count). The van der Waals surface area contributed by atoms with Gasteiger partial charge in [-0.1, -0.05) is 42.8 Å². The van der Waals surface area contributed by atoms with E-state index in [1.54, 1.807) is 0 Å². The largest absolute Gasteiger partial charge is 0.354 e. The number of carbonyl (C=O) groups excluding carboxylic acids is 1. The lowest BCUT2D eigenvalue weighted by atomic mass is 10.1. The fraction of sp³-hybridized carbons (Fsp3) is 0.409. The number of rotatable bonds is 9. The summed E-state index contributed by atoms with van der Waals surface area (Å²) in [6.45, 7) is 6.05. The third-order valence-corrected chi connectivity index (χ3v) is 6.20. The third-order valence-electron chi connectivity index (χ3n) is 4.79. The van der Waals surface area contributed by atoms with E-state index in [1.807, 2.05) is 63.2 Å². The van der Waals surface area contributed by atoms with Crippen LogP contribution in [0.5, 0.6) is 0 Å². The molecule has 0 aliphatic carbocycles. The van der Waals surface area contributed by atoms with Crippen molar-refractivity contribution >= 4 is 33.2 Å². The molecule has 0 aliphatic rings. The maximum absolute atomic E-state index is 12.9. The van der Waals surface area contributed by atoms with E-state index in [1.165, 1.54) is 4.31 Å².